The van der Waals surface area contributed by atoms with Crippen molar-refractivity contribution in [3.8, 4) is 5.75 Å². The number of aryl methyl sites for hydroxylation is 1. The summed E-state index contributed by atoms with van der Waals surface area (Å²) in [6, 6.07) is 8.09. The second-order valence-electron chi connectivity index (χ2n) is 5.70. The van der Waals surface area contributed by atoms with Gasteiger partial charge in [-0.05, 0) is 43.4 Å². The number of benzene rings is 1. The van der Waals surface area contributed by atoms with Crippen molar-refractivity contribution in [2.45, 2.75) is 45.7 Å². The molecule has 4 heteroatoms. The Kier molecular flexibility index (Phi) is 7.23. The van der Waals surface area contributed by atoms with Gasteiger partial charge in [0.05, 0.1) is 14.2 Å². The van der Waals surface area contributed by atoms with Crippen LogP contribution in [0.2, 0.25) is 0 Å². The zero-order valence-corrected chi connectivity index (χ0v) is 13.7. The van der Waals surface area contributed by atoms with E-state index in [1.165, 1.54) is 12.7 Å². The summed E-state index contributed by atoms with van der Waals surface area (Å²) in [5.74, 6) is 0.887. The third-order valence-corrected chi connectivity index (χ3v) is 3.61. The summed E-state index contributed by atoms with van der Waals surface area (Å²) in [6.07, 6.45) is 1.93. The zero-order valence-electron chi connectivity index (χ0n) is 13.7. The Balaban J connectivity index is 2.48. The first-order chi connectivity index (χ1) is 9.97. The van der Waals surface area contributed by atoms with E-state index >= 15 is 0 Å². The van der Waals surface area contributed by atoms with Crippen molar-refractivity contribution in [1.29, 1.82) is 0 Å². The topological polar surface area (TPSA) is 47.6 Å². The van der Waals surface area contributed by atoms with Crippen LogP contribution in [0.5, 0.6) is 5.75 Å². The summed E-state index contributed by atoms with van der Waals surface area (Å²) in [6.45, 7) is 6.14. The number of rotatable bonds is 8. The highest BCUT2D eigenvalue weighted by Crippen LogP contribution is 2.14. The molecular formula is C17H27NO3. The highest BCUT2D eigenvalue weighted by molar-refractivity contribution is 5.75. The molecular weight excluding hydrogens is 266 g/mol. The van der Waals surface area contributed by atoms with E-state index in [4.69, 9.17) is 9.47 Å². The van der Waals surface area contributed by atoms with Crippen molar-refractivity contribution in [3.63, 3.8) is 0 Å². The summed E-state index contributed by atoms with van der Waals surface area (Å²) in [4.78, 5) is 11.7. The first-order valence-electron chi connectivity index (χ1n) is 7.44. The molecule has 0 fully saturated rings. The number of hydrogen-bond donors (Lipinski definition) is 1. The van der Waals surface area contributed by atoms with Gasteiger partial charge in [-0.2, -0.15) is 0 Å². The monoisotopic (exact) mass is 293 g/mol. The van der Waals surface area contributed by atoms with Crippen LogP contribution in [0.1, 0.15) is 32.8 Å². The molecule has 0 aliphatic rings. The fourth-order valence-electron chi connectivity index (χ4n) is 2.22. The quantitative estimate of drug-likeness (QED) is 0.749. The van der Waals surface area contributed by atoms with Gasteiger partial charge in [0.25, 0.3) is 0 Å². The molecule has 0 spiro atoms. The summed E-state index contributed by atoms with van der Waals surface area (Å²) < 4.78 is 10.00. The van der Waals surface area contributed by atoms with Crippen LogP contribution < -0.4 is 10.1 Å². The molecule has 0 radical (unpaired) electrons. The normalized spacial score (nSPS) is 13.8. The minimum Gasteiger partial charge on any atom is -0.497 e. The smallest absolute Gasteiger partial charge is 0.323 e. The molecule has 2 atom stereocenters. The van der Waals surface area contributed by atoms with E-state index in [2.05, 4.69) is 24.4 Å². The number of ether oxygens (including phenoxy) is 2. The lowest BCUT2D eigenvalue weighted by molar-refractivity contribution is -0.144. The Labute approximate surface area is 127 Å². The van der Waals surface area contributed by atoms with E-state index in [-0.39, 0.29) is 24.0 Å². The lowest BCUT2D eigenvalue weighted by Crippen LogP contribution is -2.46. The van der Waals surface area contributed by atoms with Crippen LogP contribution in [-0.4, -0.2) is 32.3 Å². The predicted octanol–water partition coefficient (Wildman–Crippen LogP) is 2.80. The van der Waals surface area contributed by atoms with E-state index in [0.29, 0.717) is 0 Å². The summed E-state index contributed by atoms with van der Waals surface area (Å²) >= 11 is 0. The fourth-order valence-corrected chi connectivity index (χ4v) is 2.22. The van der Waals surface area contributed by atoms with E-state index < -0.39 is 0 Å². The van der Waals surface area contributed by atoms with Gasteiger partial charge in [-0.25, -0.2) is 0 Å². The van der Waals surface area contributed by atoms with Gasteiger partial charge in [0, 0.05) is 6.04 Å². The van der Waals surface area contributed by atoms with Crippen molar-refractivity contribution in [3.05, 3.63) is 29.8 Å². The largest absolute Gasteiger partial charge is 0.497 e. The average Bonchev–Trinajstić information content (AvgIpc) is 2.50. The minimum absolute atomic E-state index is 0.193. The molecule has 1 unspecified atom stereocenters. The molecule has 0 aromatic heterocycles. The Morgan fingerprint density at radius 3 is 2.24 bits per heavy atom. The van der Waals surface area contributed by atoms with Gasteiger partial charge in [-0.1, -0.05) is 26.0 Å². The van der Waals surface area contributed by atoms with Gasteiger partial charge >= 0.3 is 5.97 Å². The lowest BCUT2D eigenvalue weighted by Gasteiger charge is -2.24. The first kappa shape index (κ1) is 17.5. The molecule has 0 saturated heterocycles. The van der Waals surface area contributed by atoms with Crippen molar-refractivity contribution < 1.29 is 14.3 Å². The molecule has 0 saturated carbocycles. The van der Waals surface area contributed by atoms with Crippen molar-refractivity contribution in [2.75, 3.05) is 14.2 Å². The van der Waals surface area contributed by atoms with E-state index in [1.54, 1.807) is 7.11 Å². The summed E-state index contributed by atoms with van der Waals surface area (Å²) in [7, 11) is 3.10. The number of nitrogens with one attached hydrogen (secondary N) is 1. The molecule has 1 aromatic carbocycles. The third kappa shape index (κ3) is 5.76. The second kappa shape index (κ2) is 8.67. The first-order valence-corrected chi connectivity index (χ1v) is 7.44. The third-order valence-electron chi connectivity index (χ3n) is 3.61. The number of esters is 1. The van der Waals surface area contributed by atoms with Crippen molar-refractivity contribution in [2.24, 2.45) is 5.92 Å². The number of hydrogen-bond acceptors (Lipinski definition) is 4. The van der Waals surface area contributed by atoms with E-state index in [1.807, 2.05) is 26.0 Å². The molecule has 118 valence electrons. The van der Waals surface area contributed by atoms with Gasteiger partial charge in [0.2, 0.25) is 0 Å². The lowest BCUT2D eigenvalue weighted by atomic mass is 10.0. The van der Waals surface area contributed by atoms with Crippen LogP contribution in [0.25, 0.3) is 0 Å². The van der Waals surface area contributed by atoms with Gasteiger partial charge in [0.1, 0.15) is 11.8 Å². The fraction of sp³-hybridized carbons (Fsp3) is 0.588. The molecule has 1 aromatic rings. The Bertz CT molecular complexity index is 428. The van der Waals surface area contributed by atoms with Crippen LogP contribution in [-0.2, 0) is 16.0 Å². The summed E-state index contributed by atoms with van der Waals surface area (Å²) in [5, 5.41) is 3.36. The Morgan fingerprint density at radius 2 is 1.76 bits per heavy atom. The molecule has 1 N–H and O–H groups in total. The highest BCUT2D eigenvalue weighted by Gasteiger charge is 2.24. The Morgan fingerprint density at radius 1 is 1.14 bits per heavy atom. The summed E-state index contributed by atoms with van der Waals surface area (Å²) in [5.41, 5.74) is 1.27. The van der Waals surface area contributed by atoms with Crippen LogP contribution in [0.4, 0.5) is 0 Å². The molecule has 0 amide bonds. The van der Waals surface area contributed by atoms with Crippen LogP contribution in [0.15, 0.2) is 24.3 Å². The standard InChI is InChI=1S/C17H27NO3/c1-12(2)16(17(19)21-5)18-13(3)6-7-14-8-10-15(20-4)11-9-14/h8-13,16,18H,6-7H2,1-5H3/t13?,16-/m0/s1. The second-order valence-corrected chi connectivity index (χ2v) is 5.70. The van der Waals surface area contributed by atoms with Gasteiger partial charge < -0.3 is 14.8 Å². The van der Waals surface area contributed by atoms with Crippen molar-refractivity contribution in [1.82, 2.24) is 5.32 Å². The molecule has 0 heterocycles. The molecule has 0 bridgehead atoms. The SMILES string of the molecule is COC(=O)[C@@H](NC(C)CCc1ccc(OC)cc1)C(C)C. The predicted molar refractivity (Wildman–Crippen MR) is 84.6 cm³/mol. The zero-order chi connectivity index (χ0) is 15.8. The number of carbonyl (C=O) groups is 1. The van der Waals surface area contributed by atoms with Crippen LogP contribution in [0.3, 0.4) is 0 Å². The van der Waals surface area contributed by atoms with Gasteiger partial charge in [-0.15, -0.1) is 0 Å². The van der Waals surface area contributed by atoms with Crippen molar-refractivity contribution >= 4 is 5.97 Å². The average molecular weight is 293 g/mol. The number of carbonyl (C=O) groups excluding carboxylic acids is 1. The molecule has 0 aliphatic heterocycles. The van der Waals surface area contributed by atoms with Crippen LogP contribution >= 0.6 is 0 Å². The highest BCUT2D eigenvalue weighted by atomic mass is 16.5. The molecule has 1 rings (SSSR count). The Hall–Kier alpha value is -1.55. The number of methoxy groups -OCH3 is 2. The van der Waals surface area contributed by atoms with E-state index in [9.17, 15) is 4.79 Å². The minimum atomic E-state index is -0.249. The maximum absolute atomic E-state index is 11.7. The molecule has 4 nitrogen and oxygen atoms in total. The maximum atomic E-state index is 11.7. The molecule has 21 heavy (non-hydrogen) atoms. The maximum Gasteiger partial charge on any atom is 0.323 e. The van der Waals surface area contributed by atoms with Gasteiger partial charge in [0.15, 0.2) is 0 Å². The van der Waals surface area contributed by atoms with Gasteiger partial charge in [-0.3, -0.25) is 4.79 Å². The van der Waals surface area contributed by atoms with E-state index in [0.717, 1.165) is 18.6 Å². The van der Waals surface area contributed by atoms with Crippen LogP contribution in [0, 0.1) is 5.92 Å². The molecule has 0 aliphatic carbocycles.